The molecule has 1 atom stereocenters. The molecule has 1 aromatic heterocycles. The first-order chi connectivity index (χ1) is 8.11. The van der Waals surface area contributed by atoms with Crippen LogP contribution in [0.2, 0.25) is 10.0 Å². The fourth-order valence-corrected chi connectivity index (χ4v) is 2.46. The summed E-state index contributed by atoms with van der Waals surface area (Å²) in [5, 5.41) is 0.964. The first-order valence-corrected chi connectivity index (χ1v) is 6.46. The molecule has 2 N–H and O–H groups in total. The Labute approximate surface area is 118 Å². The van der Waals surface area contributed by atoms with E-state index in [9.17, 15) is 0 Å². The van der Waals surface area contributed by atoms with E-state index >= 15 is 0 Å². The van der Waals surface area contributed by atoms with Crippen LogP contribution in [0.5, 0.6) is 0 Å². The second-order valence-corrected chi connectivity index (χ2v) is 5.13. The van der Waals surface area contributed by atoms with Gasteiger partial charge in [-0.3, -0.25) is 4.98 Å². The van der Waals surface area contributed by atoms with Crippen LogP contribution in [0, 0.1) is 0 Å². The van der Waals surface area contributed by atoms with Gasteiger partial charge in [0.15, 0.2) is 0 Å². The molecular weight excluding hydrogens is 323 g/mol. The molecule has 0 aliphatic heterocycles. The van der Waals surface area contributed by atoms with Crippen LogP contribution in [-0.2, 0) is 0 Å². The SMILES string of the molecule is NC(c1cccc(Cl)c1Cl)c1ncccc1Br. The van der Waals surface area contributed by atoms with Gasteiger partial charge in [-0.2, -0.15) is 0 Å². The molecule has 0 aliphatic carbocycles. The van der Waals surface area contributed by atoms with E-state index in [1.165, 1.54) is 0 Å². The van der Waals surface area contributed by atoms with Crippen molar-refractivity contribution in [3.8, 4) is 0 Å². The van der Waals surface area contributed by atoms with Gasteiger partial charge in [-0.15, -0.1) is 0 Å². The maximum atomic E-state index is 6.15. The molecule has 1 aromatic carbocycles. The number of pyridine rings is 1. The fraction of sp³-hybridized carbons (Fsp3) is 0.0833. The quantitative estimate of drug-likeness (QED) is 0.895. The molecule has 0 radical (unpaired) electrons. The number of hydrogen-bond acceptors (Lipinski definition) is 2. The molecule has 1 unspecified atom stereocenters. The number of aromatic nitrogens is 1. The van der Waals surface area contributed by atoms with Crippen molar-refractivity contribution in [1.29, 1.82) is 0 Å². The van der Waals surface area contributed by atoms with Crippen molar-refractivity contribution >= 4 is 39.1 Å². The van der Waals surface area contributed by atoms with Crippen molar-refractivity contribution in [1.82, 2.24) is 4.98 Å². The lowest BCUT2D eigenvalue weighted by molar-refractivity contribution is 0.822. The molecule has 0 spiro atoms. The summed E-state index contributed by atoms with van der Waals surface area (Å²) in [7, 11) is 0. The van der Waals surface area contributed by atoms with Crippen LogP contribution in [0.1, 0.15) is 17.3 Å². The molecular formula is C12H9BrCl2N2. The summed E-state index contributed by atoms with van der Waals surface area (Å²) in [6, 6.07) is 8.71. The molecule has 0 saturated carbocycles. The number of hydrogen-bond donors (Lipinski definition) is 1. The number of benzene rings is 1. The zero-order valence-electron chi connectivity index (χ0n) is 8.70. The van der Waals surface area contributed by atoms with Gasteiger partial charge < -0.3 is 5.73 Å². The summed E-state index contributed by atoms with van der Waals surface area (Å²) in [6.45, 7) is 0. The minimum Gasteiger partial charge on any atom is -0.319 e. The van der Waals surface area contributed by atoms with E-state index in [0.717, 1.165) is 15.7 Å². The Balaban J connectivity index is 2.48. The summed E-state index contributed by atoms with van der Waals surface area (Å²) >= 11 is 15.5. The topological polar surface area (TPSA) is 38.9 Å². The Hall–Kier alpha value is -0.610. The predicted molar refractivity (Wildman–Crippen MR) is 74.4 cm³/mol. The molecule has 17 heavy (non-hydrogen) atoms. The van der Waals surface area contributed by atoms with Gasteiger partial charge >= 0.3 is 0 Å². The second-order valence-electron chi connectivity index (χ2n) is 3.49. The van der Waals surface area contributed by atoms with Crippen LogP contribution in [0.3, 0.4) is 0 Å². The Kier molecular flexibility index (Phi) is 4.05. The number of nitrogens with two attached hydrogens (primary N) is 1. The summed E-state index contributed by atoms with van der Waals surface area (Å²) in [6.07, 6.45) is 1.69. The van der Waals surface area contributed by atoms with E-state index < -0.39 is 6.04 Å². The van der Waals surface area contributed by atoms with Crippen LogP contribution < -0.4 is 5.73 Å². The fourth-order valence-electron chi connectivity index (χ4n) is 1.53. The van der Waals surface area contributed by atoms with E-state index in [-0.39, 0.29) is 0 Å². The molecule has 2 nitrogen and oxygen atoms in total. The van der Waals surface area contributed by atoms with Gasteiger partial charge in [0.2, 0.25) is 0 Å². The van der Waals surface area contributed by atoms with Crippen LogP contribution in [-0.4, -0.2) is 4.98 Å². The largest absolute Gasteiger partial charge is 0.319 e. The lowest BCUT2D eigenvalue weighted by Gasteiger charge is -2.15. The third-order valence-corrected chi connectivity index (χ3v) is 3.90. The van der Waals surface area contributed by atoms with Crippen LogP contribution in [0.25, 0.3) is 0 Å². The van der Waals surface area contributed by atoms with E-state index in [1.807, 2.05) is 24.3 Å². The minimum atomic E-state index is -0.406. The molecule has 0 amide bonds. The van der Waals surface area contributed by atoms with Crippen LogP contribution in [0.4, 0.5) is 0 Å². The van der Waals surface area contributed by atoms with Crippen molar-refractivity contribution in [2.75, 3.05) is 0 Å². The molecule has 0 saturated heterocycles. The summed E-state index contributed by atoms with van der Waals surface area (Å²) in [4.78, 5) is 4.25. The highest BCUT2D eigenvalue weighted by molar-refractivity contribution is 9.10. The Morgan fingerprint density at radius 3 is 2.65 bits per heavy atom. The number of nitrogens with zero attached hydrogens (tertiary/aromatic N) is 1. The van der Waals surface area contributed by atoms with E-state index in [4.69, 9.17) is 28.9 Å². The smallest absolute Gasteiger partial charge is 0.0758 e. The Morgan fingerprint density at radius 2 is 1.94 bits per heavy atom. The summed E-state index contributed by atoms with van der Waals surface area (Å²) < 4.78 is 0.851. The standard InChI is InChI=1S/C12H9BrCl2N2/c13-8-4-2-6-17-12(8)11(16)7-3-1-5-9(14)10(7)15/h1-6,11H,16H2. The maximum Gasteiger partial charge on any atom is 0.0758 e. The van der Waals surface area contributed by atoms with E-state index in [2.05, 4.69) is 20.9 Å². The van der Waals surface area contributed by atoms with Gasteiger partial charge in [0.05, 0.1) is 21.8 Å². The van der Waals surface area contributed by atoms with Gasteiger partial charge in [-0.1, -0.05) is 35.3 Å². The summed E-state index contributed by atoms with van der Waals surface area (Å²) in [5.41, 5.74) is 7.65. The van der Waals surface area contributed by atoms with Crippen LogP contribution >= 0.6 is 39.1 Å². The van der Waals surface area contributed by atoms with Crippen molar-refractivity contribution in [3.63, 3.8) is 0 Å². The molecule has 0 bridgehead atoms. The third kappa shape index (κ3) is 2.63. The van der Waals surface area contributed by atoms with Crippen molar-refractivity contribution < 1.29 is 0 Å². The van der Waals surface area contributed by atoms with Gasteiger partial charge in [0, 0.05) is 10.7 Å². The average Bonchev–Trinajstić information content (AvgIpc) is 2.32. The molecule has 2 rings (SSSR count). The Morgan fingerprint density at radius 1 is 1.18 bits per heavy atom. The Bertz CT molecular complexity index is 546. The first-order valence-electron chi connectivity index (χ1n) is 4.91. The number of halogens is 3. The van der Waals surface area contributed by atoms with Crippen molar-refractivity contribution in [3.05, 3.63) is 62.3 Å². The van der Waals surface area contributed by atoms with Gasteiger partial charge in [0.25, 0.3) is 0 Å². The number of rotatable bonds is 2. The monoisotopic (exact) mass is 330 g/mol. The molecule has 88 valence electrons. The average molecular weight is 332 g/mol. The zero-order chi connectivity index (χ0) is 12.4. The normalized spacial score (nSPS) is 12.5. The molecule has 0 aliphatic rings. The predicted octanol–water partition coefficient (Wildman–Crippen LogP) is 4.20. The molecule has 1 heterocycles. The molecule has 0 fully saturated rings. The van der Waals surface area contributed by atoms with Gasteiger partial charge in [0.1, 0.15) is 0 Å². The highest BCUT2D eigenvalue weighted by Gasteiger charge is 2.17. The second kappa shape index (κ2) is 5.36. The van der Waals surface area contributed by atoms with Gasteiger partial charge in [-0.25, -0.2) is 0 Å². The lowest BCUT2D eigenvalue weighted by atomic mass is 10.0. The summed E-state index contributed by atoms with van der Waals surface area (Å²) in [5.74, 6) is 0. The zero-order valence-corrected chi connectivity index (χ0v) is 11.8. The van der Waals surface area contributed by atoms with Crippen LogP contribution in [0.15, 0.2) is 41.0 Å². The van der Waals surface area contributed by atoms with Crippen molar-refractivity contribution in [2.45, 2.75) is 6.04 Å². The highest BCUT2D eigenvalue weighted by Crippen LogP contribution is 2.33. The molecule has 5 heteroatoms. The van der Waals surface area contributed by atoms with Crippen molar-refractivity contribution in [2.24, 2.45) is 5.73 Å². The van der Waals surface area contributed by atoms with Gasteiger partial charge in [-0.05, 0) is 39.7 Å². The lowest BCUT2D eigenvalue weighted by Crippen LogP contribution is -2.14. The minimum absolute atomic E-state index is 0.406. The maximum absolute atomic E-state index is 6.15. The third-order valence-electron chi connectivity index (χ3n) is 2.40. The van der Waals surface area contributed by atoms with E-state index in [0.29, 0.717) is 10.0 Å². The first kappa shape index (κ1) is 12.8. The highest BCUT2D eigenvalue weighted by atomic mass is 79.9. The van der Waals surface area contributed by atoms with E-state index in [1.54, 1.807) is 12.3 Å². The molecule has 2 aromatic rings.